The largest absolute Gasteiger partial charge is 0.395 e. The van der Waals surface area contributed by atoms with Gasteiger partial charge in [-0.3, -0.25) is 14.2 Å². The van der Waals surface area contributed by atoms with Crippen molar-refractivity contribution in [1.82, 2.24) is 9.55 Å². The molecule has 0 saturated heterocycles. The Hall–Kier alpha value is -1.97. The second kappa shape index (κ2) is 8.81. The molecule has 3 aromatic rings. The fourth-order valence-corrected chi connectivity index (χ4v) is 4.22. The predicted octanol–water partition coefficient (Wildman–Crippen LogP) is 4.11. The van der Waals surface area contributed by atoms with E-state index in [9.17, 15) is 14.7 Å². The zero-order chi connectivity index (χ0) is 21.3. The number of halogens is 2. The van der Waals surface area contributed by atoms with Crippen LogP contribution in [0.25, 0.3) is 16.6 Å². The van der Waals surface area contributed by atoms with Gasteiger partial charge in [0.1, 0.15) is 5.82 Å². The fraction of sp³-hybridized carbons (Fsp3) is 0.286. The number of nitrogens with zero attached hydrogens (tertiary/aromatic N) is 3. The molecule has 0 aliphatic carbocycles. The van der Waals surface area contributed by atoms with Crippen LogP contribution in [-0.4, -0.2) is 33.7 Å². The number of aromatic nitrogens is 2. The molecule has 0 spiro atoms. The minimum absolute atomic E-state index is 0.0106. The number of carbonyl (C=O) groups is 1. The van der Waals surface area contributed by atoms with Gasteiger partial charge in [0.05, 0.1) is 32.5 Å². The van der Waals surface area contributed by atoms with Gasteiger partial charge in [-0.15, -0.1) is 0 Å². The number of carbonyl (C=O) groups excluding carboxylic acids is 1. The second-order valence-electron chi connectivity index (χ2n) is 6.93. The van der Waals surface area contributed by atoms with Crippen molar-refractivity contribution in [3.05, 3.63) is 61.2 Å². The van der Waals surface area contributed by atoms with E-state index in [0.29, 0.717) is 36.7 Å². The lowest BCUT2D eigenvalue weighted by Crippen LogP contribution is -2.32. The molecule has 6 nitrogen and oxygen atoms in total. The van der Waals surface area contributed by atoms with Crippen molar-refractivity contribution in [2.24, 2.45) is 0 Å². The lowest BCUT2D eigenvalue weighted by molar-refractivity contribution is -0.116. The van der Waals surface area contributed by atoms with Crippen LogP contribution < -0.4 is 10.5 Å². The molecular formula is C21H21ClIN3O3. The Morgan fingerprint density at radius 2 is 1.90 bits per heavy atom. The van der Waals surface area contributed by atoms with Gasteiger partial charge in [-0.25, -0.2) is 4.98 Å². The van der Waals surface area contributed by atoms with Crippen LogP contribution in [0.2, 0.25) is 5.02 Å². The van der Waals surface area contributed by atoms with Crippen molar-refractivity contribution in [3.8, 4) is 5.69 Å². The van der Waals surface area contributed by atoms with Crippen molar-refractivity contribution in [2.75, 3.05) is 18.1 Å². The van der Waals surface area contributed by atoms with Crippen LogP contribution in [0.15, 0.2) is 41.2 Å². The highest BCUT2D eigenvalue weighted by Gasteiger charge is 2.21. The zero-order valence-corrected chi connectivity index (χ0v) is 19.2. The summed E-state index contributed by atoms with van der Waals surface area (Å²) in [6.45, 7) is 5.42. The summed E-state index contributed by atoms with van der Waals surface area (Å²) in [6, 6.07) is 10.5. The molecule has 0 atom stereocenters. The Kier molecular flexibility index (Phi) is 6.60. The van der Waals surface area contributed by atoms with Crippen LogP contribution in [0.4, 0.5) is 5.69 Å². The van der Waals surface area contributed by atoms with Crippen LogP contribution in [0.1, 0.15) is 32.5 Å². The zero-order valence-electron chi connectivity index (χ0n) is 16.3. The minimum Gasteiger partial charge on any atom is -0.395 e. The van der Waals surface area contributed by atoms with E-state index in [-0.39, 0.29) is 30.5 Å². The minimum atomic E-state index is -0.185. The van der Waals surface area contributed by atoms with E-state index in [4.69, 9.17) is 16.6 Å². The third-order valence-corrected chi connectivity index (χ3v) is 5.90. The van der Waals surface area contributed by atoms with Crippen molar-refractivity contribution < 1.29 is 9.90 Å². The summed E-state index contributed by atoms with van der Waals surface area (Å²) in [7, 11) is 0. The highest BCUT2D eigenvalue weighted by molar-refractivity contribution is 14.1. The van der Waals surface area contributed by atoms with E-state index in [1.165, 1.54) is 11.8 Å². The molecule has 1 aromatic heterocycles. The molecule has 0 aliphatic rings. The first kappa shape index (κ1) is 21.7. The standard InChI is InChI=1S/C21H21ClIN3O3/c1-12(2)20-24-19-16(21(29)26(20)15-6-4-14(22)5-7-15)8-9-17(18(19)23)25(10-11-27)13(3)28/h4-9,12,27H,10-11H2,1-3H3. The summed E-state index contributed by atoms with van der Waals surface area (Å²) in [5.41, 5.74) is 1.70. The Morgan fingerprint density at radius 1 is 1.24 bits per heavy atom. The monoisotopic (exact) mass is 525 g/mol. The maximum absolute atomic E-state index is 13.4. The smallest absolute Gasteiger partial charge is 0.266 e. The number of amides is 1. The summed E-state index contributed by atoms with van der Waals surface area (Å²) < 4.78 is 2.31. The summed E-state index contributed by atoms with van der Waals surface area (Å²) in [4.78, 5) is 31.8. The van der Waals surface area contributed by atoms with Gasteiger partial charge in [0.15, 0.2) is 0 Å². The van der Waals surface area contributed by atoms with Crippen molar-refractivity contribution in [3.63, 3.8) is 0 Å². The number of rotatable bonds is 5. The lowest BCUT2D eigenvalue weighted by atomic mass is 10.1. The number of hydrogen-bond acceptors (Lipinski definition) is 4. The number of anilines is 1. The normalized spacial score (nSPS) is 11.3. The van der Waals surface area contributed by atoms with Crippen LogP contribution in [0.3, 0.4) is 0 Å². The van der Waals surface area contributed by atoms with Crippen molar-refractivity contribution in [2.45, 2.75) is 26.7 Å². The molecule has 0 fully saturated rings. The summed E-state index contributed by atoms with van der Waals surface area (Å²) >= 11 is 8.11. The number of fused-ring (bicyclic) bond motifs is 1. The summed E-state index contributed by atoms with van der Waals surface area (Å²) in [6.07, 6.45) is 0. The number of aliphatic hydroxyl groups excluding tert-OH is 1. The highest BCUT2D eigenvalue weighted by atomic mass is 127. The SMILES string of the molecule is CC(=O)N(CCO)c1ccc2c(=O)n(-c3ccc(Cl)cc3)c(C(C)C)nc2c1I. The first-order valence-electron chi connectivity index (χ1n) is 9.16. The van der Waals surface area contributed by atoms with Crippen LogP contribution in [0, 0.1) is 3.57 Å². The Morgan fingerprint density at radius 3 is 2.45 bits per heavy atom. The molecule has 1 N–H and O–H groups in total. The first-order valence-corrected chi connectivity index (χ1v) is 10.6. The maximum Gasteiger partial charge on any atom is 0.266 e. The predicted molar refractivity (Wildman–Crippen MR) is 124 cm³/mol. The number of aliphatic hydroxyl groups is 1. The third-order valence-electron chi connectivity index (χ3n) is 4.58. The molecule has 2 aromatic carbocycles. The van der Waals surface area contributed by atoms with Gasteiger partial charge in [-0.2, -0.15) is 0 Å². The van der Waals surface area contributed by atoms with Crippen LogP contribution in [0.5, 0.6) is 0 Å². The highest BCUT2D eigenvalue weighted by Crippen LogP contribution is 2.30. The van der Waals surface area contributed by atoms with E-state index in [2.05, 4.69) is 22.6 Å². The average molecular weight is 526 g/mol. The quantitative estimate of drug-likeness (QED) is 0.509. The summed E-state index contributed by atoms with van der Waals surface area (Å²) in [5, 5.41) is 10.4. The third kappa shape index (κ3) is 4.17. The molecule has 1 amide bonds. The van der Waals surface area contributed by atoms with Gasteiger partial charge >= 0.3 is 0 Å². The Balaban J connectivity index is 2.32. The molecule has 0 radical (unpaired) electrons. The number of hydrogen-bond donors (Lipinski definition) is 1. The van der Waals surface area contributed by atoms with Gasteiger partial charge in [0.2, 0.25) is 5.91 Å². The molecule has 0 bridgehead atoms. The molecule has 1 heterocycles. The maximum atomic E-state index is 13.4. The average Bonchev–Trinajstić information content (AvgIpc) is 2.67. The van der Waals surface area contributed by atoms with Gasteiger partial charge < -0.3 is 10.0 Å². The molecule has 8 heteroatoms. The molecular weight excluding hydrogens is 505 g/mol. The fourth-order valence-electron chi connectivity index (χ4n) is 3.21. The molecule has 0 unspecified atom stereocenters. The van der Waals surface area contributed by atoms with Gasteiger partial charge in [0, 0.05) is 24.4 Å². The molecule has 29 heavy (non-hydrogen) atoms. The Bertz CT molecular complexity index is 1130. The topological polar surface area (TPSA) is 75.4 Å². The first-order chi connectivity index (χ1) is 13.8. The van der Waals surface area contributed by atoms with E-state index in [1.807, 2.05) is 13.8 Å². The number of benzene rings is 2. The van der Waals surface area contributed by atoms with E-state index in [1.54, 1.807) is 41.0 Å². The van der Waals surface area contributed by atoms with Gasteiger partial charge in [-0.05, 0) is 59.0 Å². The second-order valence-corrected chi connectivity index (χ2v) is 8.45. The molecule has 0 saturated carbocycles. The lowest BCUT2D eigenvalue weighted by Gasteiger charge is -2.23. The summed E-state index contributed by atoms with van der Waals surface area (Å²) in [5.74, 6) is 0.426. The van der Waals surface area contributed by atoms with E-state index >= 15 is 0 Å². The van der Waals surface area contributed by atoms with Crippen LogP contribution in [-0.2, 0) is 4.79 Å². The molecule has 3 rings (SSSR count). The molecule has 152 valence electrons. The van der Waals surface area contributed by atoms with Crippen molar-refractivity contribution in [1.29, 1.82) is 0 Å². The van der Waals surface area contributed by atoms with Gasteiger partial charge in [0.25, 0.3) is 5.56 Å². The van der Waals surface area contributed by atoms with Crippen molar-refractivity contribution >= 4 is 56.7 Å². The van der Waals surface area contributed by atoms with E-state index < -0.39 is 0 Å². The van der Waals surface area contributed by atoms with E-state index in [0.717, 1.165) is 0 Å². The van der Waals surface area contributed by atoms with Crippen LogP contribution >= 0.6 is 34.2 Å². The van der Waals surface area contributed by atoms with Gasteiger partial charge in [-0.1, -0.05) is 25.4 Å². The molecule has 0 aliphatic heterocycles. The Labute approximate surface area is 187 Å².